The first kappa shape index (κ1) is 12.0. The minimum atomic E-state index is -4.25. The van der Waals surface area contributed by atoms with E-state index in [0.717, 1.165) is 17.7 Å². The molecule has 0 aromatic heterocycles. The van der Waals surface area contributed by atoms with Crippen molar-refractivity contribution < 1.29 is 13.2 Å². The van der Waals surface area contributed by atoms with Crippen molar-refractivity contribution in [3.8, 4) is 0 Å². The Labute approximate surface area is 76.5 Å². The molecule has 0 amide bonds. The van der Waals surface area contributed by atoms with Crippen molar-refractivity contribution in [2.24, 2.45) is 0 Å². The Kier molecular flexibility index (Phi) is 4.52. The van der Waals surface area contributed by atoms with Gasteiger partial charge in [-0.2, -0.15) is 13.2 Å². The number of hydrogen-bond acceptors (Lipinski definition) is 0. The van der Waals surface area contributed by atoms with Crippen LogP contribution in [0.15, 0.2) is 35.5 Å². The van der Waals surface area contributed by atoms with E-state index in [1.165, 1.54) is 13.0 Å². The van der Waals surface area contributed by atoms with Crippen LogP contribution in [0.5, 0.6) is 0 Å². The van der Waals surface area contributed by atoms with Gasteiger partial charge in [0.2, 0.25) is 0 Å². The molecule has 0 bridgehead atoms. The molecule has 0 saturated heterocycles. The fourth-order valence-electron chi connectivity index (χ4n) is 0.672. The lowest BCUT2D eigenvalue weighted by molar-refractivity contribution is -0.0883. The Balaban J connectivity index is 4.60. The summed E-state index contributed by atoms with van der Waals surface area (Å²) in [4.78, 5) is 0. The Morgan fingerprint density at radius 2 is 1.54 bits per heavy atom. The molecule has 0 atom stereocenters. The molecule has 0 aliphatic heterocycles. The van der Waals surface area contributed by atoms with E-state index in [4.69, 9.17) is 0 Å². The van der Waals surface area contributed by atoms with Crippen LogP contribution < -0.4 is 0 Å². The molecule has 0 heterocycles. The normalized spacial score (nSPS) is 15.5. The molecule has 13 heavy (non-hydrogen) atoms. The summed E-state index contributed by atoms with van der Waals surface area (Å²) in [7, 11) is 0. The zero-order valence-electron chi connectivity index (χ0n) is 7.94. The first-order valence-electron chi connectivity index (χ1n) is 3.96. The quantitative estimate of drug-likeness (QED) is 0.577. The minimum absolute atomic E-state index is 0.617. The topological polar surface area (TPSA) is 0 Å². The van der Waals surface area contributed by atoms with Crippen LogP contribution in [-0.4, -0.2) is 6.18 Å². The number of alkyl halides is 3. The third-order valence-corrected chi connectivity index (χ3v) is 1.62. The van der Waals surface area contributed by atoms with Crippen LogP contribution in [-0.2, 0) is 0 Å². The Morgan fingerprint density at radius 3 is 1.85 bits per heavy atom. The highest BCUT2D eigenvalue weighted by Gasteiger charge is 2.30. The maximum absolute atomic E-state index is 12.1. The van der Waals surface area contributed by atoms with Crippen molar-refractivity contribution >= 4 is 0 Å². The summed E-state index contributed by atoms with van der Waals surface area (Å²) in [5.41, 5.74) is 0.192. The van der Waals surface area contributed by atoms with Gasteiger partial charge in [0.1, 0.15) is 0 Å². The Bertz CT molecular complexity index is 241. The summed E-state index contributed by atoms with van der Waals surface area (Å²) in [6.45, 7) is 4.90. The van der Waals surface area contributed by atoms with Gasteiger partial charge in [-0.25, -0.2) is 0 Å². The van der Waals surface area contributed by atoms with Crippen LogP contribution in [0.4, 0.5) is 13.2 Å². The average Bonchev–Trinajstić information content (AvgIpc) is 2.02. The summed E-state index contributed by atoms with van der Waals surface area (Å²) in [6.07, 6.45) is 1.08. The molecule has 0 nitrogen and oxygen atoms in total. The van der Waals surface area contributed by atoms with E-state index in [0.29, 0.717) is 0 Å². The van der Waals surface area contributed by atoms with Gasteiger partial charge in [-0.05, 0) is 20.8 Å². The number of halogens is 3. The van der Waals surface area contributed by atoms with Gasteiger partial charge < -0.3 is 0 Å². The average molecular weight is 190 g/mol. The number of rotatable bonds is 2. The van der Waals surface area contributed by atoms with Crippen molar-refractivity contribution in [1.29, 1.82) is 0 Å². The molecule has 0 fully saturated rings. The van der Waals surface area contributed by atoms with Crippen LogP contribution >= 0.6 is 0 Å². The van der Waals surface area contributed by atoms with Gasteiger partial charge in [0.25, 0.3) is 0 Å². The van der Waals surface area contributed by atoms with E-state index in [1.807, 2.05) is 0 Å². The van der Waals surface area contributed by atoms with Crippen molar-refractivity contribution in [3.63, 3.8) is 0 Å². The summed E-state index contributed by atoms with van der Waals surface area (Å²) < 4.78 is 36.4. The second-order valence-electron chi connectivity index (χ2n) is 2.61. The molecule has 0 unspecified atom stereocenters. The smallest absolute Gasteiger partial charge is 0.166 e. The molecule has 0 rings (SSSR count). The van der Waals surface area contributed by atoms with Gasteiger partial charge in [0.05, 0.1) is 5.57 Å². The predicted octanol–water partition coefficient (Wildman–Crippen LogP) is 4.02. The fraction of sp³-hybridized carbons (Fsp3) is 0.400. The maximum atomic E-state index is 12.1. The molecule has 0 aliphatic rings. The highest BCUT2D eigenvalue weighted by molar-refractivity contribution is 5.29. The van der Waals surface area contributed by atoms with E-state index in [-0.39, 0.29) is 0 Å². The summed E-state index contributed by atoms with van der Waals surface area (Å²) >= 11 is 0. The molecule has 0 saturated carbocycles. The lowest BCUT2D eigenvalue weighted by atomic mass is 10.2. The molecule has 3 heteroatoms. The predicted molar refractivity (Wildman–Crippen MR) is 48.4 cm³/mol. The Hall–Kier alpha value is -0.990. The number of hydrogen-bond donors (Lipinski definition) is 0. The minimum Gasteiger partial charge on any atom is -0.166 e. The highest BCUT2D eigenvalue weighted by atomic mass is 19.4. The third-order valence-electron chi connectivity index (χ3n) is 1.62. The second-order valence-corrected chi connectivity index (χ2v) is 2.61. The van der Waals surface area contributed by atoms with E-state index in [9.17, 15) is 13.2 Å². The molecule has 74 valence electrons. The third kappa shape index (κ3) is 4.55. The van der Waals surface area contributed by atoms with Crippen molar-refractivity contribution in [3.05, 3.63) is 35.5 Å². The SMILES string of the molecule is C\C=C(C)/C=C\C(=C/C)C(F)(F)F. The van der Waals surface area contributed by atoms with Crippen LogP contribution in [0, 0.1) is 0 Å². The fourth-order valence-corrected chi connectivity index (χ4v) is 0.672. The summed E-state index contributed by atoms with van der Waals surface area (Å²) in [5, 5.41) is 0. The molecule has 0 spiro atoms. The van der Waals surface area contributed by atoms with Crippen molar-refractivity contribution in [1.82, 2.24) is 0 Å². The van der Waals surface area contributed by atoms with E-state index in [1.54, 1.807) is 19.9 Å². The zero-order valence-corrected chi connectivity index (χ0v) is 7.94. The Morgan fingerprint density at radius 1 is 1.00 bits per heavy atom. The largest absolute Gasteiger partial charge is 0.416 e. The molecule has 0 N–H and O–H groups in total. The maximum Gasteiger partial charge on any atom is 0.416 e. The first-order valence-corrected chi connectivity index (χ1v) is 3.96. The van der Waals surface area contributed by atoms with E-state index < -0.39 is 11.7 Å². The van der Waals surface area contributed by atoms with Gasteiger partial charge in [-0.1, -0.05) is 29.9 Å². The van der Waals surface area contributed by atoms with E-state index in [2.05, 4.69) is 0 Å². The zero-order chi connectivity index (χ0) is 10.5. The number of allylic oxidation sites excluding steroid dienone is 6. The van der Waals surface area contributed by atoms with Gasteiger partial charge in [-0.15, -0.1) is 0 Å². The van der Waals surface area contributed by atoms with Crippen LogP contribution in [0.25, 0.3) is 0 Å². The molecular weight excluding hydrogens is 177 g/mol. The monoisotopic (exact) mass is 190 g/mol. The summed E-state index contributed by atoms with van der Waals surface area (Å²) in [5.74, 6) is 0. The first-order chi connectivity index (χ1) is 5.91. The van der Waals surface area contributed by atoms with Crippen molar-refractivity contribution in [2.75, 3.05) is 0 Å². The summed E-state index contributed by atoms with van der Waals surface area (Å²) in [6, 6.07) is 0. The lowest BCUT2D eigenvalue weighted by Crippen LogP contribution is -2.09. The molecule has 0 aromatic carbocycles. The molecular formula is C10H13F3. The van der Waals surface area contributed by atoms with Gasteiger partial charge >= 0.3 is 6.18 Å². The lowest BCUT2D eigenvalue weighted by Gasteiger charge is -2.05. The van der Waals surface area contributed by atoms with Crippen LogP contribution in [0.3, 0.4) is 0 Å². The van der Waals surface area contributed by atoms with Crippen LogP contribution in [0.2, 0.25) is 0 Å². The highest BCUT2D eigenvalue weighted by Crippen LogP contribution is 2.26. The molecule has 0 aromatic rings. The van der Waals surface area contributed by atoms with Gasteiger partial charge in [0, 0.05) is 0 Å². The molecule has 0 aliphatic carbocycles. The standard InChI is InChI=1S/C10H13F3/c1-4-8(3)6-7-9(5-2)10(11,12)13/h4-7H,1-3H3/b7-6-,8-4-,9-5+. The van der Waals surface area contributed by atoms with Crippen molar-refractivity contribution in [2.45, 2.75) is 26.9 Å². The van der Waals surface area contributed by atoms with Gasteiger partial charge in [0.15, 0.2) is 0 Å². The van der Waals surface area contributed by atoms with Crippen LogP contribution in [0.1, 0.15) is 20.8 Å². The van der Waals surface area contributed by atoms with Gasteiger partial charge in [-0.3, -0.25) is 0 Å². The molecule has 0 radical (unpaired) electrons. The second kappa shape index (κ2) is 4.90. The van der Waals surface area contributed by atoms with E-state index >= 15 is 0 Å².